The Labute approximate surface area is 162 Å². The second-order valence-electron chi connectivity index (χ2n) is 7.15. The molecule has 0 bridgehead atoms. The lowest BCUT2D eigenvalue weighted by atomic mass is 9.95. The molecule has 27 heavy (non-hydrogen) atoms. The van der Waals surface area contributed by atoms with E-state index in [4.69, 9.17) is 14.5 Å². The molecule has 0 aliphatic carbocycles. The van der Waals surface area contributed by atoms with Crippen molar-refractivity contribution in [3.63, 3.8) is 0 Å². The van der Waals surface area contributed by atoms with Crippen LogP contribution >= 0.6 is 0 Å². The van der Waals surface area contributed by atoms with Crippen molar-refractivity contribution in [1.29, 1.82) is 0 Å². The third kappa shape index (κ3) is 5.05. The number of aliphatic hydroxyl groups is 1. The Bertz CT molecular complexity index is 623. The van der Waals surface area contributed by atoms with Gasteiger partial charge in [0.2, 0.25) is 0 Å². The van der Waals surface area contributed by atoms with Crippen molar-refractivity contribution in [1.82, 2.24) is 10.2 Å². The standard InChI is InChI=1S/C20H32N4O3/c1-3-21-19(22-16-20(25)8-14-27-15-9-20)24-12-10-23(11-13-24)17-6-4-5-7-18(17)26-2/h4-7,25H,3,8-16H2,1-2H3,(H,21,22). The number of piperazine rings is 1. The third-order valence-corrected chi connectivity index (χ3v) is 5.29. The molecule has 1 aromatic carbocycles. The molecular weight excluding hydrogens is 344 g/mol. The van der Waals surface area contributed by atoms with Crippen LogP contribution in [0.5, 0.6) is 5.75 Å². The monoisotopic (exact) mass is 376 g/mol. The lowest BCUT2D eigenvalue weighted by molar-refractivity contribution is -0.0566. The van der Waals surface area contributed by atoms with Crippen LogP contribution in [-0.2, 0) is 4.74 Å². The van der Waals surface area contributed by atoms with Gasteiger partial charge in [0.25, 0.3) is 0 Å². The van der Waals surface area contributed by atoms with E-state index < -0.39 is 5.60 Å². The molecule has 7 nitrogen and oxygen atoms in total. The summed E-state index contributed by atoms with van der Waals surface area (Å²) in [5, 5.41) is 14.1. The minimum Gasteiger partial charge on any atom is -0.495 e. The number of anilines is 1. The molecular formula is C20H32N4O3. The lowest BCUT2D eigenvalue weighted by Crippen LogP contribution is -2.53. The molecule has 2 N–H and O–H groups in total. The van der Waals surface area contributed by atoms with E-state index in [0.717, 1.165) is 50.1 Å². The van der Waals surface area contributed by atoms with Crippen LogP contribution in [0.15, 0.2) is 29.3 Å². The van der Waals surface area contributed by atoms with Crippen LogP contribution in [-0.4, -0.2) is 81.2 Å². The van der Waals surface area contributed by atoms with Gasteiger partial charge < -0.3 is 29.7 Å². The molecule has 1 aromatic rings. The Balaban J connectivity index is 1.62. The van der Waals surface area contributed by atoms with E-state index in [9.17, 15) is 5.11 Å². The molecule has 2 fully saturated rings. The summed E-state index contributed by atoms with van der Waals surface area (Å²) in [5.74, 6) is 1.80. The second-order valence-corrected chi connectivity index (χ2v) is 7.15. The number of aliphatic imine (C=N–C) groups is 1. The zero-order valence-electron chi connectivity index (χ0n) is 16.5. The molecule has 2 saturated heterocycles. The van der Waals surface area contributed by atoms with Gasteiger partial charge in [0.15, 0.2) is 5.96 Å². The summed E-state index contributed by atoms with van der Waals surface area (Å²) in [7, 11) is 1.71. The highest BCUT2D eigenvalue weighted by Gasteiger charge is 2.30. The van der Waals surface area contributed by atoms with Crippen LogP contribution in [0.25, 0.3) is 0 Å². The number of para-hydroxylation sites is 2. The zero-order valence-corrected chi connectivity index (χ0v) is 16.5. The number of hydrogen-bond donors (Lipinski definition) is 2. The molecule has 0 saturated carbocycles. The summed E-state index contributed by atoms with van der Waals surface area (Å²) < 4.78 is 10.9. The van der Waals surface area contributed by atoms with E-state index in [1.54, 1.807) is 7.11 Å². The predicted octanol–water partition coefficient (Wildman–Crippen LogP) is 1.32. The van der Waals surface area contributed by atoms with Crippen molar-refractivity contribution in [3.8, 4) is 5.75 Å². The van der Waals surface area contributed by atoms with E-state index in [0.29, 0.717) is 32.6 Å². The maximum Gasteiger partial charge on any atom is 0.194 e. The minimum atomic E-state index is -0.738. The Morgan fingerprint density at radius 2 is 1.93 bits per heavy atom. The topological polar surface area (TPSA) is 69.6 Å². The number of guanidine groups is 1. The quantitative estimate of drug-likeness (QED) is 0.597. The molecule has 0 unspecified atom stereocenters. The van der Waals surface area contributed by atoms with Crippen LogP contribution in [0.4, 0.5) is 5.69 Å². The fourth-order valence-electron chi connectivity index (χ4n) is 3.61. The van der Waals surface area contributed by atoms with Gasteiger partial charge in [-0.1, -0.05) is 12.1 Å². The number of ether oxygens (including phenoxy) is 2. The fourth-order valence-corrected chi connectivity index (χ4v) is 3.61. The molecule has 0 aromatic heterocycles. The molecule has 150 valence electrons. The molecule has 0 spiro atoms. The highest BCUT2D eigenvalue weighted by molar-refractivity contribution is 5.80. The average molecular weight is 377 g/mol. The van der Waals surface area contributed by atoms with Gasteiger partial charge in [0.1, 0.15) is 5.75 Å². The van der Waals surface area contributed by atoms with Gasteiger partial charge in [-0.2, -0.15) is 0 Å². The Morgan fingerprint density at radius 3 is 2.59 bits per heavy atom. The highest BCUT2D eigenvalue weighted by Crippen LogP contribution is 2.28. The van der Waals surface area contributed by atoms with E-state index >= 15 is 0 Å². The van der Waals surface area contributed by atoms with Crippen LogP contribution in [0.1, 0.15) is 19.8 Å². The van der Waals surface area contributed by atoms with Crippen LogP contribution in [0.3, 0.4) is 0 Å². The minimum absolute atomic E-state index is 0.422. The number of methoxy groups -OCH3 is 1. The van der Waals surface area contributed by atoms with E-state index in [1.165, 1.54) is 0 Å². The number of hydrogen-bond acceptors (Lipinski definition) is 5. The molecule has 7 heteroatoms. The first-order chi connectivity index (χ1) is 13.1. The third-order valence-electron chi connectivity index (χ3n) is 5.29. The van der Waals surface area contributed by atoms with Crippen molar-refractivity contribution in [3.05, 3.63) is 24.3 Å². The van der Waals surface area contributed by atoms with Gasteiger partial charge in [-0.05, 0) is 19.1 Å². The molecule has 2 heterocycles. The number of nitrogens with one attached hydrogen (secondary N) is 1. The number of nitrogens with zero attached hydrogens (tertiary/aromatic N) is 3. The van der Waals surface area contributed by atoms with Gasteiger partial charge in [-0.3, -0.25) is 4.99 Å². The van der Waals surface area contributed by atoms with Crippen LogP contribution in [0.2, 0.25) is 0 Å². The fraction of sp³-hybridized carbons (Fsp3) is 0.650. The van der Waals surface area contributed by atoms with Crippen molar-refractivity contribution in [2.45, 2.75) is 25.4 Å². The van der Waals surface area contributed by atoms with Gasteiger partial charge in [0, 0.05) is 58.8 Å². The van der Waals surface area contributed by atoms with Crippen molar-refractivity contribution >= 4 is 11.6 Å². The highest BCUT2D eigenvalue weighted by atomic mass is 16.5. The van der Waals surface area contributed by atoms with Gasteiger partial charge >= 0.3 is 0 Å². The van der Waals surface area contributed by atoms with Gasteiger partial charge in [-0.25, -0.2) is 0 Å². The summed E-state index contributed by atoms with van der Waals surface area (Å²) in [6.45, 7) is 8.10. The summed E-state index contributed by atoms with van der Waals surface area (Å²) in [5.41, 5.74) is 0.399. The first kappa shape index (κ1) is 19.8. The van der Waals surface area contributed by atoms with Gasteiger partial charge in [0.05, 0.1) is 24.9 Å². The number of benzene rings is 1. The van der Waals surface area contributed by atoms with E-state index in [1.807, 2.05) is 18.2 Å². The predicted molar refractivity (Wildman–Crippen MR) is 108 cm³/mol. The average Bonchev–Trinajstić information content (AvgIpc) is 2.72. The summed E-state index contributed by atoms with van der Waals surface area (Å²) in [4.78, 5) is 9.37. The smallest absolute Gasteiger partial charge is 0.194 e. The summed E-state index contributed by atoms with van der Waals surface area (Å²) in [6.07, 6.45) is 1.30. The van der Waals surface area contributed by atoms with Gasteiger partial charge in [-0.15, -0.1) is 0 Å². The molecule has 2 aliphatic heterocycles. The summed E-state index contributed by atoms with van der Waals surface area (Å²) in [6, 6.07) is 8.15. The summed E-state index contributed by atoms with van der Waals surface area (Å²) >= 11 is 0. The maximum atomic E-state index is 10.7. The lowest BCUT2D eigenvalue weighted by Gasteiger charge is -2.38. The van der Waals surface area contributed by atoms with E-state index in [-0.39, 0.29) is 0 Å². The normalized spacial score (nSPS) is 20.5. The Morgan fingerprint density at radius 1 is 1.22 bits per heavy atom. The molecule has 0 amide bonds. The molecule has 3 rings (SSSR count). The van der Waals surface area contributed by atoms with Crippen molar-refractivity contribution < 1.29 is 14.6 Å². The first-order valence-electron chi connectivity index (χ1n) is 9.86. The van der Waals surface area contributed by atoms with Crippen molar-refractivity contribution in [2.24, 2.45) is 4.99 Å². The van der Waals surface area contributed by atoms with Crippen LogP contribution < -0.4 is 15.0 Å². The molecule has 2 aliphatic rings. The number of rotatable bonds is 5. The zero-order chi connectivity index (χ0) is 19.1. The second kappa shape index (κ2) is 9.28. The van der Waals surface area contributed by atoms with E-state index in [2.05, 4.69) is 28.1 Å². The first-order valence-corrected chi connectivity index (χ1v) is 9.86. The maximum absolute atomic E-state index is 10.7. The van der Waals surface area contributed by atoms with Crippen molar-refractivity contribution in [2.75, 3.05) is 64.5 Å². The Kier molecular flexibility index (Phi) is 6.79. The molecule has 0 atom stereocenters. The molecule has 0 radical (unpaired) electrons. The Hall–Kier alpha value is -1.99. The SMILES string of the molecule is CCNC(=NCC1(O)CCOCC1)N1CCN(c2ccccc2OC)CC1. The van der Waals surface area contributed by atoms with Crippen LogP contribution in [0, 0.1) is 0 Å². The largest absolute Gasteiger partial charge is 0.495 e.